The van der Waals surface area contributed by atoms with Gasteiger partial charge in [-0.3, -0.25) is 14.4 Å². The second-order valence-corrected chi connectivity index (χ2v) is 5.52. The molecule has 0 aromatic heterocycles. The molecule has 0 spiro atoms. The highest BCUT2D eigenvalue weighted by Gasteiger charge is 2.49. The maximum Gasteiger partial charge on any atom is 0.320 e. The molecule has 1 aromatic rings. The van der Waals surface area contributed by atoms with E-state index in [9.17, 15) is 14.4 Å². The number of ether oxygens (including phenoxy) is 1. The Balaban J connectivity index is 2.51. The van der Waals surface area contributed by atoms with Gasteiger partial charge in [-0.2, -0.15) is 0 Å². The SMILES string of the molecule is CCOC(=O)[C@@]1(CC(C)=O)CCCc2ccccc2C1=O. The van der Waals surface area contributed by atoms with Crippen LogP contribution in [-0.2, 0) is 20.7 Å². The molecule has 2 rings (SSSR count). The number of hydrogen-bond acceptors (Lipinski definition) is 4. The Morgan fingerprint density at radius 3 is 2.67 bits per heavy atom. The number of carbonyl (C=O) groups is 3. The van der Waals surface area contributed by atoms with E-state index >= 15 is 0 Å². The van der Waals surface area contributed by atoms with Crippen LogP contribution in [-0.4, -0.2) is 24.1 Å². The Bertz CT molecular complexity index is 576. The number of fused-ring (bicyclic) bond motifs is 1. The third-order valence-corrected chi connectivity index (χ3v) is 3.96. The van der Waals surface area contributed by atoms with E-state index in [0.717, 1.165) is 12.0 Å². The summed E-state index contributed by atoms with van der Waals surface area (Å²) in [6.07, 6.45) is 1.70. The van der Waals surface area contributed by atoms with Crippen molar-refractivity contribution >= 4 is 17.5 Å². The van der Waals surface area contributed by atoms with Crippen molar-refractivity contribution in [2.75, 3.05) is 6.61 Å². The lowest BCUT2D eigenvalue weighted by Crippen LogP contribution is -2.42. The van der Waals surface area contributed by atoms with Crippen molar-refractivity contribution in [1.82, 2.24) is 0 Å². The van der Waals surface area contributed by atoms with Crippen molar-refractivity contribution in [1.29, 1.82) is 0 Å². The van der Waals surface area contributed by atoms with Gasteiger partial charge in [0.25, 0.3) is 0 Å². The number of rotatable bonds is 4. The van der Waals surface area contributed by atoms with Gasteiger partial charge in [-0.1, -0.05) is 24.3 Å². The first kappa shape index (κ1) is 15.4. The topological polar surface area (TPSA) is 60.4 Å². The average molecular weight is 288 g/mol. The molecule has 0 heterocycles. The summed E-state index contributed by atoms with van der Waals surface area (Å²) in [5.41, 5.74) is 0.135. The first-order valence-electron chi connectivity index (χ1n) is 7.30. The summed E-state index contributed by atoms with van der Waals surface area (Å²) >= 11 is 0. The standard InChI is InChI=1S/C17H20O4/c1-3-21-16(20)17(11-12(2)18)10-6-8-13-7-4-5-9-14(13)15(17)19/h4-5,7,9H,3,6,8,10-11H2,1-2H3/t17-/m1/s1. The lowest BCUT2D eigenvalue weighted by molar-refractivity contribution is -0.154. The zero-order valence-corrected chi connectivity index (χ0v) is 12.5. The summed E-state index contributed by atoms with van der Waals surface area (Å²) in [6.45, 7) is 3.31. The number of carbonyl (C=O) groups excluding carboxylic acids is 3. The van der Waals surface area contributed by atoms with Crippen molar-refractivity contribution < 1.29 is 19.1 Å². The van der Waals surface area contributed by atoms with E-state index in [4.69, 9.17) is 4.74 Å². The Morgan fingerprint density at radius 2 is 2.00 bits per heavy atom. The quantitative estimate of drug-likeness (QED) is 0.485. The van der Waals surface area contributed by atoms with Crippen molar-refractivity contribution in [3.63, 3.8) is 0 Å². The highest BCUT2D eigenvalue weighted by atomic mass is 16.5. The lowest BCUT2D eigenvalue weighted by Gasteiger charge is -2.28. The molecule has 0 fully saturated rings. The molecule has 1 atom stereocenters. The van der Waals surface area contributed by atoms with E-state index in [1.165, 1.54) is 6.92 Å². The predicted molar refractivity (Wildman–Crippen MR) is 78.1 cm³/mol. The van der Waals surface area contributed by atoms with Gasteiger partial charge in [0.05, 0.1) is 6.61 Å². The van der Waals surface area contributed by atoms with Crippen LogP contribution < -0.4 is 0 Å². The first-order valence-corrected chi connectivity index (χ1v) is 7.30. The third-order valence-electron chi connectivity index (χ3n) is 3.96. The van der Waals surface area contributed by atoms with Gasteiger partial charge in [-0.25, -0.2) is 0 Å². The molecule has 0 radical (unpaired) electrons. The van der Waals surface area contributed by atoms with E-state index in [0.29, 0.717) is 18.4 Å². The van der Waals surface area contributed by atoms with E-state index in [1.54, 1.807) is 19.1 Å². The Kier molecular flexibility index (Phi) is 4.56. The van der Waals surface area contributed by atoms with Gasteiger partial charge in [-0.15, -0.1) is 0 Å². The number of ketones is 2. The Morgan fingerprint density at radius 1 is 1.29 bits per heavy atom. The molecule has 0 saturated heterocycles. The molecule has 0 bridgehead atoms. The van der Waals surface area contributed by atoms with Crippen LogP contribution in [0.15, 0.2) is 24.3 Å². The molecule has 1 aliphatic rings. The number of esters is 1. The summed E-state index contributed by atoms with van der Waals surface area (Å²) in [4.78, 5) is 37.0. The highest BCUT2D eigenvalue weighted by molar-refractivity contribution is 6.15. The zero-order valence-electron chi connectivity index (χ0n) is 12.5. The number of aryl methyl sites for hydroxylation is 1. The number of benzene rings is 1. The zero-order chi connectivity index (χ0) is 15.5. The fourth-order valence-electron chi connectivity index (χ4n) is 3.04. The summed E-state index contributed by atoms with van der Waals surface area (Å²) < 4.78 is 5.11. The number of hydrogen-bond donors (Lipinski definition) is 0. The molecule has 112 valence electrons. The van der Waals surface area contributed by atoms with Gasteiger partial charge in [0.15, 0.2) is 5.78 Å². The molecule has 0 aliphatic heterocycles. The molecule has 0 saturated carbocycles. The molecule has 21 heavy (non-hydrogen) atoms. The normalized spacial score (nSPS) is 21.3. The van der Waals surface area contributed by atoms with Crippen LogP contribution in [0.3, 0.4) is 0 Å². The van der Waals surface area contributed by atoms with Gasteiger partial charge < -0.3 is 4.74 Å². The van der Waals surface area contributed by atoms with Gasteiger partial charge >= 0.3 is 5.97 Å². The van der Waals surface area contributed by atoms with Crippen LogP contribution >= 0.6 is 0 Å². The second-order valence-electron chi connectivity index (χ2n) is 5.52. The fraction of sp³-hybridized carbons (Fsp3) is 0.471. The summed E-state index contributed by atoms with van der Waals surface area (Å²) in [5, 5.41) is 0. The smallest absolute Gasteiger partial charge is 0.320 e. The summed E-state index contributed by atoms with van der Waals surface area (Å²) in [6, 6.07) is 7.31. The van der Waals surface area contributed by atoms with E-state index in [2.05, 4.69) is 0 Å². The Hall–Kier alpha value is -1.97. The minimum absolute atomic E-state index is 0.0843. The molecule has 1 aromatic carbocycles. The van der Waals surface area contributed by atoms with Gasteiger partial charge in [0.2, 0.25) is 0 Å². The minimum Gasteiger partial charge on any atom is -0.465 e. The monoisotopic (exact) mass is 288 g/mol. The molecule has 0 unspecified atom stereocenters. The predicted octanol–water partition coefficient (Wildman–Crippen LogP) is 2.73. The van der Waals surface area contributed by atoms with Gasteiger partial charge in [-0.05, 0) is 38.7 Å². The molecule has 4 heteroatoms. The molecular formula is C17H20O4. The second kappa shape index (κ2) is 6.20. The molecule has 0 amide bonds. The molecule has 1 aliphatic carbocycles. The van der Waals surface area contributed by atoms with Crippen molar-refractivity contribution in [3.8, 4) is 0 Å². The van der Waals surface area contributed by atoms with Crippen molar-refractivity contribution in [2.45, 2.75) is 39.5 Å². The molecule has 0 N–H and O–H groups in total. The van der Waals surface area contributed by atoms with Gasteiger partial charge in [0, 0.05) is 12.0 Å². The van der Waals surface area contributed by atoms with E-state index < -0.39 is 11.4 Å². The van der Waals surface area contributed by atoms with Gasteiger partial charge in [0.1, 0.15) is 11.2 Å². The van der Waals surface area contributed by atoms with E-state index in [-0.39, 0.29) is 24.6 Å². The fourth-order valence-corrected chi connectivity index (χ4v) is 3.04. The average Bonchev–Trinajstić information content (AvgIpc) is 2.58. The largest absolute Gasteiger partial charge is 0.465 e. The maximum absolute atomic E-state index is 13.0. The number of Topliss-reactive ketones (excluding diaryl/α,β-unsaturated/α-hetero) is 2. The van der Waals surface area contributed by atoms with Crippen LogP contribution in [0.5, 0.6) is 0 Å². The van der Waals surface area contributed by atoms with Crippen LogP contribution in [0.1, 0.15) is 49.0 Å². The van der Waals surface area contributed by atoms with Crippen LogP contribution in [0.25, 0.3) is 0 Å². The molecule has 4 nitrogen and oxygen atoms in total. The van der Waals surface area contributed by atoms with Crippen LogP contribution in [0, 0.1) is 5.41 Å². The van der Waals surface area contributed by atoms with Crippen LogP contribution in [0.2, 0.25) is 0 Å². The van der Waals surface area contributed by atoms with Crippen molar-refractivity contribution in [2.24, 2.45) is 5.41 Å². The summed E-state index contributed by atoms with van der Waals surface area (Å²) in [7, 11) is 0. The third kappa shape index (κ3) is 2.89. The first-order chi connectivity index (χ1) is 10.0. The highest BCUT2D eigenvalue weighted by Crippen LogP contribution is 2.38. The maximum atomic E-state index is 13.0. The van der Waals surface area contributed by atoms with E-state index in [1.807, 2.05) is 12.1 Å². The Labute approximate surface area is 124 Å². The summed E-state index contributed by atoms with van der Waals surface area (Å²) in [5.74, 6) is -1.01. The molecular weight excluding hydrogens is 268 g/mol. The van der Waals surface area contributed by atoms with Crippen LogP contribution in [0.4, 0.5) is 0 Å². The minimum atomic E-state index is -1.35. The lowest BCUT2D eigenvalue weighted by atomic mass is 9.74. The van der Waals surface area contributed by atoms with Crippen molar-refractivity contribution in [3.05, 3.63) is 35.4 Å².